The number of hydrogen-bond donors (Lipinski definition) is 0. The van der Waals surface area contributed by atoms with E-state index in [-0.39, 0.29) is 29.6 Å². The topological polar surface area (TPSA) is 56.0 Å². The molecule has 3 aromatic rings. The van der Waals surface area contributed by atoms with Crippen molar-refractivity contribution < 1.29 is 18.0 Å². The van der Waals surface area contributed by atoms with Crippen LogP contribution in [0.5, 0.6) is 0 Å². The summed E-state index contributed by atoms with van der Waals surface area (Å²) in [5.74, 6) is -3.01. The molecule has 1 unspecified atom stereocenters. The summed E-state index contributed by atoms with van der Waals surface area (Å²) >= 11 is 0. The van der Waals surface area contributed by atoms with E-state index in [0.717, 1.165) is 61.3 Å². The van der Waals surface area contributed by atoms with E-state index in [0.29, 0.717) is 17.8 Å². The molecule has 5 heterocycles. The molecule has 1 amide bonds. The molecule has 0 saturated carbocycles. The summed E-state index contributed by atoms with van der Waals surface area (Å²) in [6.07, 6.45) is 6.82. The third kappa shape index (κ3) is 2.90. The monoisotopic (exact) mass is 455 g/mol. The number of aromatic nitrogens is 4. The van der Waals surface area contributed by atoms with Gasteiger partial charge in [0.25, 0.3) is 5.91 Å². The molecule has 0 aliphatic carbocycles. The fourth-order valence-corrected chi connectivity index (χ4v) is 6.06. The van der Waals surface area contributed by atoms with Gasteiger partial charge in [0.05, 0.1) is 23.6 Å². The number of rotatable bonds is 2. The van der Waals surface area contributed by atoms with Crippen LogP contribution in [-0.4, -0.2) is 36.2 Å². The summed E-state index contributed by atoms with van der Waals surface area (Å²) in [6, 6.07) is 2.02. The molecule has 1 fully saturated rings. The highest BCUT2D eigenvalue weighted by Gasteiger charge is 2.46. The maximum absolute atomic E-state index is 14.0. The van der Waals surface area contributed by atoms with Gasteiger partial charge in [0.1, 0.15) is 11.5 Å². The molecule has 33 heavy (non-hydrogen) atoms. The standard InChI is InChI=1S/C24H24F3N5O/c1-12-4-3-5-20-28-11-19(31(12)20)24(33)32-14-6-7-18(32)22-15(10-14)23(30(2)29-22)13-8-16(25)21(27)17(26)9-13/h8-9,11-12,14,18H,3-7,10H2,1-2H3/t12?,14-,18+/m1/s1. The van der Waals surface area contributed by atoms with Crippen molar-refractivity contribution in [2.75, 3.05) is 0 Å². The molecule has 172 valence electrons. The summed E-state index contributed by atoms with van der Waals surface area (Å²) in [4.78, 5) is 20.2. The Labute approximate surface area is 189 Å². The number of carbonyl (C=O) groups excluding carboxylic acids is 1. The minimum Gasteiger partial charge on any atom is -0.325 e. The number of halogens is 3. The first-order valence-corrected chi connectivity index (χ1v) is 11.4. The largest absolute Gasteiger partial charge is 0.325 e. The van der Waals surface area contributed by atoms with Crippen molar-refractivity contribution in [3.05, 3.63) is 58.6 Å². The average Bonchev–Trinajstić information content (AvgIpc) is 3.45. The number of carbonyl (C=O) groups is 1. The number of aryl methyl sites for hydroxylation is 2. The van der Waals surface area contributed by atoms with Gasteiger partial charge in [-0.2, -0.15) is 5.10 Å². The van der Waals surface area contributed by atoms with Crippen molar-refractivity contribution in [2.45, 2.75) is 63.6 Å². The van der Waals surface area contributed by atoms with Gasteiger partial charge in [0.2, 0.25) is 0 Å². The number of benzene rings is 1. The lowest BCUT2D eigenvalue weighted by Gasteiger charge is -2.35. The Hall–Kier alpha value is -3.10. The Bertz CT molecular complexity index is 1270. The molecule has 2 bridgehead atoms. The summed E-state index contributed by atoms with van der Waals surface area (Å²) in [5, 5.41) is 4.67. The van der Waals surface area contributed by atoms with Crippen LogP contribution in [0.3, 0.4) is 0 Å². The fraction of sp³-hybridized carbons (Fsp3) is 0.458. The number of hydrogen-bond acceptors (Lipinski definition) is 3. The maximum atomic E-state index is 14.0. The van der Waals surface area contributed by atoms with Crippen molar-refractivity contribution >= 4 is 5.91 Å². The van der Waals surface area contributed by atoms with E-state index in [2.05, 4.69) is 21.6 Å². The normalized spacial score (nSPS) is 23.5. The molecule has 3 atom stereocenters. The summed E-state index contributed by atoms with van der Waals surface area (Å²) in [5.41, 5.74) is 3.08. The maximum Gasteiger partial charge on any atom is 0.272 e. The lowest BCUT2D eigenvalue weighted by atomic mass is 9.94. The highest BCUT2D eigenvalue weighted by molar-refractivity contribution is 5.93. The summed E-state index contributed by atoms with van der Waals surface area (Å²) < 4.78 is 45.1. The van der Waals surface area contributed by atoms with Gasteiger partial charge in [-0.15, -0.1) is 0 Å². The summed E-state index contributed by atoms with van der Waals surface area (Å²) in [7, 11) is 1.71. The first kappa shape index (κ1) is 20.5. The van der Waals surface area contributed by atoms with E-state index in [1.807, 2.05) is 4.90 Å². The molecule has 0 N–H and O–H groups in total. The molecule has 3 aliphatic rings. The van der Waals surface area contributed by atoms with Crippen LogP contribution >= 0.6 is 0 Å². The van der Waals surface area contributed by atoms with Crippen molar-refractivity contribution in [3.63, 3.8) is 0 Å². The highest BCUT2D eigenvalue weighted by atomic mass is 19.2. The first-order valence-electron chi connectivity index (χ1n) is 11.4. The van der Waals surface area contributed by atoms with Crippen molar-refractivity contribution in [3.8, 4) is 11.3 Å². The van der Waals surface area contributed by atoms with Crippen molar-refractivity contribution in [1.29, 1.82) is 0 Å². The fourth-order valence-electron chi connectivity index (χ4n) is 6.06. The highest BCUT2D eigenvalue weighted by Crippen LogP contribution is 2.47. The smallest absolute Gasteiger partial charge is 0.272 e. The first-order chi connectivity index (χ1) is 15.8. The van der Waals surface area contributed by atoms with E-state index in [4.69, 9.17) is 0 Å². The molecule has 2 aromatic heterocycles. The molecule has 6 nitrogen and oxygen atoms in total. The molecular formula is C24H24F3N5O. The Kier molecular flexibility index (Phi) is 4.47. The van der Waals surface area contributed by atoms with Gasteiger partial charge in [-0.25, -0.2) is 18.2 Å². The van der Waals surface area contributed by atoms with E-state index >= 15 is 0 Å². The lowest BCUT2D eigenvalue weighted by Crippen LogP contribution is -2.43. The number of fused-ring (bicyclic) bond motifs is 5. The number of amides is 1. The Balaban J connectivity index is 1.40. The second-order valence-electron chi connectivity index (χ2n) is 9.42. The quantitative estimate of drug-likeness (QED) is 0.535. The zero-order valence-electron chi connectivity index (χ0n) is 18.5. The zero-order chi connectivity index (χ0) is 23.0. The lowest BCUT2D eigenvalue weighted by molar-refractivity contribution is 0.0627. The minimum atomic E-state index is -1.48. The van der Waals surface area contributed by atoms with E-state index in [1.165, 1.54) is 0 Å². The number of nitrogens with zero attached hydrogens (tertiary/aromatic N) is 5. The predicted octanol–water partition coefficient (Wildman–Crippen LogP) is 4.50. The van der Waals surface area contributed by atoms with Crippen LogP contribution in [0, 0.1) is 17.5 Å². The predicted molar refractivity (Wildman–Crippen MR) is 114 cm³/mol. The van der Waals surface area contributed by atoms with Crippen LogP contribution in [0.1, 0.15) is 72.3 Å². The van der Waals surface area contributed by atoms with Gasteiger partial charge < -0.3 is 9.47 Å². The van der Waals surface area contributed by atoms with E-state index in [9.17, 15) is 18.0 Å². The minimum absolute atomic E-state index is 0.0295. The summed E-state index contributed by atoms with van der Waals surface area (Å²) in [6.45, 7) is 2.12. The Morgan fingerprint density at radius 3 is 2.64 bits per heavy atom. The van der Waals surface area contributed by atoms with Gasteiger partial charge in [-0.05, 0) is 51.2 Å². The van der Waals surface area contributed by atoms with Crippen molar-refractivity contribution in [1.82, 2.24) is 24.2 Å². The molecule has 1 saturated heterocycles. The van der Waals surface area contributed by atoms with Crippen LogP contribution in [-0.2, 0) is 19.9 Å². The van der Waals surface area contributed by atoms with Crippen LogP contribution in [0.15, 0.2) is 18.3 Å². The van der Waals surface area contributed by atoms with Gasteiger partial charge in [0, 0.05) is 36.7 Å². The third-order valence-corrected chi connectivity index (χ3v) is 7.48. The Morgan fingerprint density at radius 2 is 1.88 bits per heavy atom. The van der Waals surface area contributed by atoms with Gasteiger partial charge in [-0.3, -0.25) is 9.48 Å². The van der Waals surface area contributed by atoms with E-state index in [1.54, 1.807) is 17.9 Å². The van der Waals surface area contributed by atoms with Crippen LogP contribution < -0.4 is 0 Å². The Morgan fingerprint density at radius 1 is 1.12 bits per heavy atom. The van der Waals surface area contributed by atoms with Crippen LogP contribution in [0.2, 0.25) is 0 Å². The van der Waals surface area contributed by atoms with Gasteiger partial charge >= 0.3 is 0 Å². The zero-order valence-corrected chi connectivity index (χ0v) is 18.5. The third-order valence-electron chi connectivity index (χ3n) is 7.48. The van der Waals surface area contributed by atoms with Gasteiger partial charge in [0.15, 0.2) is 17.5 Å². The molecular weight excluding hydrogens is 431 g/mol. The van der Waals surface area contributed by atoms with Crippen LogP contribution in [0.25, 0.3) is 11.3 Å². The molecule has 0 spiro atoms. The SMILES string of the molecule is CC1CCCc2ncc(C(=O)N3[C@@H]4CC[C@H]3c3nn(C)c(-c5cc(F)c(F)c(F)c5)c3C4)n21. The second-order valence-corrected chi connectivity index (χ2v) is 9.42. The molecule has 3 aliphatic heterocycles. The number of imidazole rings is 1. The molecule has 1 aromatic carbocycles. The second kappa shape index (κ2) is 7.20. The molecule has 6 rings (SSSR count). The average molecular weight is 455 g/mol. The van der Waals surface area contributed by atoms with Gasteiger partial charge in [-0.1, -0.05) is 0 Å². The molecule has 0 radical (unpaired) electrons. The molecule has 9 heteroatoms. The van der Waals surface area contributed by atoms with Crippen molar-refractivity contribution in [2.24, 2.45) is 7.05 Å². The van der Waals surface area contributed by atoms with Crippen LogP contribution in [0.4, 0.5) is 13.2 Å². The van der Waals surface area contributed by atoms with E-state index < -0.39 is 17.5 Å².